The van der Waals surface area contributed by atoms with E-state index in [1.807, 2.05) is 6.07 Å². The van der Waals surface area contributed by atoms with E-state index < -0.39 is 18.0 Å². The number of methoxy groups -OCH3 is 1. The zero-order valence-corrected chi connectivity index (χ0v) is 23.7. The molecule has 1 fully saturated rings. The molecule has 1 aliphatic carbocycles. The van der Waals surface area contributed by atoms with Gasteiger partial charge >= 0.3 is 5.69 Å². The number of aromatic nitrogens is 4. The SMILES string of the molecule is CNC(=O)c1ccc(-n2c(=O)n(C[C@H]3CC[C@H](NC(=O)c4cc(Cl)cnc4C(F)F)CC3)c3ccc(OC)cc32)cn1. The minimum atomic E-state index is -2.90. The summed E-state index contributed by atoms with van der Waals surface area (Å²) in [6, 6.07) is 9.64. The monoisotopic (exact) mass is 598 g/mol. The van der Waals surface area contributed by atoms with Crippen LogP contribution in [0.5, 0.6) is 5.75 Å². The highest BCUT2D eigenvalue weighted by Gasteiger charge is 2.27. The molecular formula is C29H29ClF2N6O4. The molecular weight excluding hydrogens is 570 g/mol. The van der Waals surface area contributed by atoms with Crippen molar-refractivity contribution in [2.45, 2.75) is 44.7 Å². The summed E-state index contributed by atoms with van der Waals surface area (Å²) in [5, 5.41) is 5.48. The number of imidazole rings is 1. The number of carbonyl (C=O) groups is 2. The molecule has 3 heterocycles. The van der Waals surface area contributed by atoms with Crippen molar-refractivity contribution >= 4 is 34.4 Å². The van der Waals surface area contributed by atoms with Crippen LogP contribution in [0.4, 0.5) is 8.78 Å². The number of ether oxygens (including phenoxy) is 1. The summed E-state index contributed by atoms with van der Waals surface area (Å²) < 4.78 is 35.4. The lowest BCUT2D eigenvalue weighted by Gasteiger charge is -2.29. The minimum absolute atomic E-state index is 0.105. The van der Waals surface area contributed by atoms with E-state index in [4.69, 9.17) is 16.3 Å². The Morgan fingerprint density at radius 1 is 1.05 bits per heavy atom. The Balaban J connectivity index is 1.34. The highest BCUT2D eigenvalue weighted by Crippen LogP contribution is 2.29. The number of amides is 2. The number of alkyl halides is 2. The molecule has 1 aromatic carbocycles. The van der Waals surface area contributed by atoms with Crippen LogP contribution in [0.25, 0.3) is 16.7 Å². The summed E-state index contributed by atoms with van der Waals surface area (Å²) in [4.78, 5) is 46.3. The zero-order valence-electron chi connectivity index (χ0n) is 22.9. The van der Waals surface area contributed by atoms with E-state index in [9.17, 15) is 23.2 Å². The van der Waals surface area contributed by atoms with Gasteiger partial charge in [-0.2, -0.15) is 0 Å². The van der Waals surface area contributed by atoms with Gasteiger partial charge < -0.3 is 15.4 Å². The molecule has 42 heavy (non-hydrogen) atoms. The van der Waals surface area contributed by atoms with Gasteiger partial charge in [0.05, 0.1) is 40.6 Å². The largest absolute Gasteiger partial charge is 0.497 e. The van der Waals surface area contributed by atoms with E-state index in [1.54, 1.807) is 40.5 Å². The highest BCUT2D eigenvalue weighted by atomic mass is 35.5. The molecule has 1 saturated carbocycles. The fourth-order valence-corrected chi connectivity index (χ4v) is 5.55. The average molecular weight is 599 g/mol. The van der Waals surface area contributed by atoms with Crippen molar-refractivity contribution in [1.29, 1.82) is 0 Å². The van der Waals surface area contributed by atoms with Crippen molar-refractivity contribution in [3.63, 3.8) is 0 Å². The van der Waals surface area contributed by atoms with Crippen molar-refractivity contribution in [1.82, 2.24) is 29.7 Å². The van der Waals surface area contributed by atoms with Gasteiger partial charge in [-0.3, -0.25) is 23.7 Å². The molecule has 0 bridgehead atoms. The Morgan fingerprint density at radius 3 is 2.45 bits per heavy atom. The molecule has 13 heteroatoms. The van der Waals surface area contributed by atoms with Crippen LogP contribution in [-0.4, -0.2) is 51.1 Å². The fourth-order valence-electron chi connectivity index (χ4n) is 5.39. The Morgan fingerprint density at radius 2 is 1.81 bits per heavy atom. The van der Waals surface area contributed by atoms with Gasteiger partial charge in [-0.05, 0) is 61.9 Å². The third-order valence-corrected chi connectivity index (χ3v) is 7.77. The predicted octanol–water partition coefficient (Wildman–Crippen LogP) is 4.53. The summed E-state index contributed by atoms with van der Waals surface area (Å²) in [5.74, 6) is -0.226. The van der Waals surface area contributed by atoms with Crippen LogP contribution in [0.15, 0.2) is 53.6 Å². The van der Waals surface area contributed by atoms with Crippen molar-refractivity contribution in [2.75, 3.05) is 14.2 Å². The quantitative estimate of drug-likeness (QED) is 0.307. The maximum atomic E-state index is 13.8. The number of fused-ring (bicyclic) bond motifs is 1. The van der Waals surface area contributed by atoms with E-state index in [0.717, 1.165) is 24.6 Å². The first-order chi connectivity index (χ1) is 20.2. The van der Waals surface area contributed by atoms with Crippen molar-refractivity contribution < 1.29 is 23.1 Å². The maximum absolute atomic E-state index is 13.8. The maximum Gasteiger partial charge on any atom is 0.333 e. The molecule has 0 radical (unpaired) electrons. The molecule has 2 amide bonds. The smallest absolute Gasteiger partial charge is 0.333 e. The number of rotatable bonds is 8. The number of hydrogen-bond donors (Lipinski definition) is 2. The number of nitrogens with zero attached hydrogens (tertiary/aromatic N) is 4. The number of pyridine rings is 2. The molecule has 0 spiro atoms. The van der Waals surface area contributed by atoms with Crippen molar-refractivity contribution in [2.24, 2.45) is 5.92 Å². The Kier molecular flexibility index (Phi) is 8.53. The van der Waals surface area contributed by atoms with Crippen LogP contribution in [0, 0.1) is 5.92 Å². The van der Waals surface area contributed by atoms with Crippen LogP contribution in [0.3, 0.4) is 0 Å². The van der Waals surface area contributed by atoms with Gasteiger partial charge in [0.25, 0.3) is 18.2 Å². The van der Waals surface area contributed by atoms with Gasteiger partial charge in [0.15, 0.2) is 0 Å². The molecule has 0 aliphatic heterocycles. The number of carbonyl (C=O) groups excluding carboxylic acids is 2. The summed E-state index contributed by atoms with van der Waals surface area (Å²) in [6.07, 6.45) is 2.37. The Bertz CT molecular complexity index is 1680. The Hall–Kier alpha value is -4.32. The summed E-state index contributed by atoms with van der Waals surface area (Å²) >= 11 is 5.90. The molecule has 220 valence electrons. The molecule has 0 saturated heterocycles. The molecule has 3 aromatic heterocycles. The lowest BCUT2D eigenvalue weighted by Crippen LogP contribution is -2.39. The second-order valence-electron chi connectivity index (χ2n) is 10.1. The molecule has 5 rings (SSSR count). The molecule has 0 unspecified atom stereocenters. The second-order valence-corrected chi connectivity index (χ2v) is 10.6. The van der Waals surface area contributed by atoms with Crippen LogP contribution >= 0.6 is 11.6 Å². The zero-order chi connectivity index (χ0) is 30.0. The predicted molar refractivity (Wildman–Crippen MR) is 153 cm³/mol. The second kappa shape index (κ2) is 12.3. The van der Waals surface area contributed by atoms with E-state index in [0.29, 0.717) is 36.3 Å². The summed E-state index contributed by atoms with van der Waals surface area (Å²) in [6.45, 7) is 0.451. The molecule has 2 N–H and O–H groups in total. The van der Waals surface area contributed by atoms with E-state index >= 15 is 0 Å². The lowest BCUT2D eigenvalue weighted by atomic mass is 9.85. The van der Waals surface area contributed by atoms with Crippen molar-refractivity contribution in [3.05, 3.63) is 81.3 Å². The number of benzene rings is 1. The van der Waals surface area contributed by atoms with Crippen molar-refractivity contribution in [3.8, 4) is 11.4 Å². The van der Waals surface area contributed by atoms with E-state index in [2.05, 4.69) is 20.6 Å². The minimum Gasteiger partial charge on any atom is -0.497 e. The third-order valence-electron chi connectivity index (χ3n) is 7.56. The standard InChI is InChI=1S/C29H29ClF2N6O4/c1-33-28(40)22-9-7-19(14-34-22)38-24-12-20(42-2)8-10-23(24)37(29(38)41)15-16-3-5-18(6-4-16)36-27(39)21-11-17(30)13-35-25(21)26(31)32/h7-14,16,18,26H,3-6,15H2,1-2H3,(H,33,40)(H,36,39)/t16-,18-. The number of halogens is 3. The van der Waals surface area contributed by atoms with Gasteiger partial charge in [0, 0.05) is 31.9 Å². The Labute approximate surface area is 244 Å². The fraction of sp³-hybridized carbons (Fsp3) is 0.345. The molecule has 0 atom stereocenters. The molecule has 10 nitrogen and oxygen atoms in total. The first-order valence-corrected chi connectivity index (χ1v) is 13.8. The first-order valence-electron chi connectivity index (χ1n) is 13.4. The van der Waals surface area contributed by atoms with Gasteiger partial charge in [0.2, 0.25) is 0 Å². The normalized spacial score (nSPS) is 16.9. The number of nitrogens with one attached hydrogen (secondary N) is 2. The van der Waals surface area contributed by atoms with Crippen LogP contribution in [0.1, 0.15) is 58.6 Å². The number of hydrogen-bond acceptors (Lipinski definition) is 6. The van der Waals surface area contributed by atoms with Gasteiger partial charge in [-0.15, -0.1) is 0 Å². The third kappa shape index (κ3) is 5.85. The summed E-state index contributed by atoms with van der Waals surface area (Å²) in [5.41, 5.74) is 1.02. The molecule has 1 aliphatic rings. The lowest BCUT2D eigenvalue weighted by molar-refractivity contribution is 0.0903. The van der Waals surface area contributed by atoms with Crippen LogP contribution in [-0.2, 0) is 6.54 Å². The van der Waals surface area contributed by atoms with E-state index in [-0.39, 0.29) is 39.8 Å². The van der Waals surface area contributed by atoms with Crippen LogP contribution < -0.4 is 21.1 Å². The van der Waals surface area contributed by atoms with Gasteiger partial charge in [-0.25, -0.2) is 18.6 Å². The summed E-state index contributed by atoms with van der Waals surface area (Å²) in [7, 11) is 3.07. The average Bonchev–Trinajstić information content (AvgIpc) is 3.27. The van der Waals surface area contributed by atoms with Crippen LogP contribution in [0.2, 0.25) is 5.02 Å². The molecule has 4 aromatic rings. The van der Waals surface area contributed by atoms with E-state index in [1.165, 1.54) is 19.3 Å². The van der Waals surface area contributed by atoms with Gasteiger partial charge in [0.1, 0.15) is 17.1 Å². The topological polar surface area (TPSA) is 120 Å². The first kappa shape index (κ1) is 29.2. The highest BCUT2D eigenvalue weighted by molar-refractivity contribution is 6.30. The van der Waals surface area contributed by atoms with Gasteiger partial charge in [-0.1, -0.05) is 11.6 Å².